The maximum Gasteiger partial charge on any atom is 0.338 e. The van der Waals surface area contributed by atoms with Crippen molar-refractivity contribution in [2.45, 2.75) is 25.6 Å². The summed E-state index contributed by atoms with van der Waals surface area (Å²) in [6.07, 6.45) is -2.69. The second-order valence-electron chi connectivity index (χ2n) is 2.40. The van der Waals surface area contributed by atoms with Crippen molar-refractivity contribution in [2.24, 2.45) is 5.73 Å². The van der Waals surface area contributed by atoms with Gasteiger partial charge >= 0.3 is 11.9 Å². The molecular formula is C7H12FNO4. The molecule has 0 aliphatic heterocycles. The second-order valence-corrected chi connectivity index (χ2v) is 2.40. The van der Waals surface area contributed by atoms with Gasteiger partial charge in [-0.25, -0.2) is 9.18 Å². The van der Waals surface area contributed by atoms with Crippen LogP contribution in [0.15, 0.2) is 0 Å². The molecule has 0 aromatic carbocycles. The summed E-state index contributed by atoms with van der Waals surface area (Å²) >= 11 is 0. The van der Waals surface area contributed by atoms with Crippen molar-refractivity contribution in [3.8, 4) is 0 Å². The van der Waals surface area contributed by atoms with Crippen LogP contribution in [0.4, 0.5) is 4.39 Å². The molecule has 13 heavy (non-hydrogen) atoms. The topological polar surface area (TPSA) is 89.6 Å². The van der Waals surface area contributed by atoms with Crippen molar-refractivity contribution in [3.63, 3.8) is 0 Å². The molecule has 0 heterocycles. The fraction of sp³-hybridized carbons (Fsp3) is 0.714. The SMILES string of the molecule is CCOC(=O)[C@@H](N)C[C@H](F)C(=O)O. The number of aliphatic carboxylic acids is 1. The van der Waals surface area contributed by atoms with Gasteiger partial charge in [0.25, 0.3) is 0 Å². The van der Waals surface area contributed by atoms with Crippen LogP contribution in [0, 0.1) is 0 Å². The highest BCUT2D eigenvalue weighted by molar-refractivity contribution is 5.78. The van der Waals surface area contributed by atoms with Crippen LogP contribution in [0.3, 0.4) is 0 Å². The monoisotopic (exact) mass is 193 g/mol. The highest BCUT2D eigenvalue weighted by atomic mass is 19.1. The Kier molecular flexibility index (Phi) is 4.98. The van der Waals surface area contributed by atoms with Crippen molar-refractivity contribution in [1.82, 2.24) is 0 Å². The summed E-state index contributed by atoms with van der Waals surface area (Å²) in [6.45, 7) is 1.71. The number of rotatable bonds is 5. The van der Waals surface area contributed by atoms with Crippen molar-refractivity contribution in [3.05, 3.63) is 0 Å². The number of alkyl halides is 1. The Balaban J connectivity index is 3.92. The van der Waals surface area contributed by atoms with E-state index in [1.807, 2.05) is 0 Å². The molecule has 0 spiro atoms. The number of esters is 1. The summed E-state index contributed by atoms with van der Waals surface area (Å²) in [6, 6.07) is -1.22. The Bertz CT molecular complexity index is 197. The van der Waals surface area contributed by atoms with E-state index in [-0.39, 0.29) is 6.61 Å². The first kappa shape index (κ1) is 11.8. The lowest BCUT2D eigenvalue weighted by Gasteiger charge is -2.10. The van der Waals surface area contributed by atoms with Crippen LogP contribution >= 0.6 is 0 Å². The van der Waals surface area contributed by atoms with Crippen LogP contribution in [-0.4, -0.2) is 35.9 Å². The summed E-state index contributed by atoms with van der Waals surface area (Å²) in [5, 5.41) is 8.16. The fourth-order valence-corrected chi connectivity index (χ4v) is 0.669. The normalized spacial score (nSPS) is 14.7. The van der Waals surface area contributed by atoms with Gasteiger partial charge in [0.1, 0.15) is 6.04 Å². The minimum atomic E-state index is -2.13. The number of ether oxygens (including phenoxy) is 1. The van der Waals surface area contributed by atoms with E-state index in [1.165, 1.54) is 0 Å². The van der Waals surface area contributed by atoms with Gasteiger partial charge in [-0.05, 0) is 6.92 Å². The molecule has 76 valence electrons. The lowest BCUT2D eigenvalue weighted by Crippen LogP contribution is -2.36. The third-order valence-electron chi connectivity index (χ3n) is 1.32. The van der Waals surface area contributed by atoms with Crippen LogP contribution < -0.4 is 5.73 Å². The molecule has 3 N–H and O–H groups in total. The van der Waals surface area contributed by atoms with Gasteiger partial charge in [-0.2, -0.15) is 0 Å². The Morgan fingerprint density at radius 3 is 2.54 bits per heavy atom. The van der Waals surface area contributed by atoms with E-state index in [0.29, 0.717) is 0 Å². The standard InChI is InChI=1S/C7H12FNO4/c1-2-13-7(12)5(9)3-4(8)6(10)11/h4-5H,2-3,9H2,1H3,(H,10,11)/t4-,5-/m0/s1. The second kappa shape index (κ2) is 5.47. The number of carboxylic acids is 1. The first-order valence-electron chi connectivity index (χ1n) is 3.78. The van der Waals surface area contributed by atoms with Crippen molar-refractivity contribution in [2.75, 3.05) is 6.61 Å². The molecule has 0 radical (unpaired) electrons. The van der Waals surface area contributed by atoms with Gasteiger partial charge in [0, 0.05) is 6.42 Å². The molecular weight excluding hydrogens is 181 g/mol. The van der Waals surface area contributed by atoms with E-state index in [2.05, 4.69) is 4.74 Å². The highest BCUT2D eigenvalue weighted by Gasteiger charge is 2.24. The smallest absolute Gasteiger partial charge is 0.338 e. The number of hydrogen-bond donors (Lipinski definition) is 2. The molecule has 0 aliphatic carbocycles. The van der Waals surface area contributed by atoms with Crippen LogP contribution in [0.5, 0.6) is 0 Å². The molecule has 0 saturated heterocycles. The van der Waals surface area contributed by atoms with Gasteiger partial charge in [-0.15, -0.1) is 0 Å². The van der Waals surface area contributed by atoms with E-state index in [1.54, 1.807) is 6.92 Å². The third-order valence-corrected chi connectivity index (χ3v) is 1.32. The predicted molar refractivity (Wildman–Crippen MR) is 41.8 cm³/mol. The van der Waals surface area contributed by atoms with Gasteiger partial charge in [0.15, 0.2) is 6.17 Å². The van der Waals surface area contributed by atoms with Crippen molar-refractivity contribution >= 4 is 11.9 Å². The zero-order valence-electron chi connectivity index (χ0n) is 7.20. The molecule has 0 saturated carbocycles. The number of halogens is 1. The molecule has 0 bridgehead atoms. The van der Waals surface area contributed by atoms with Crippen LogP contribution in [0.2, 0.25) is 0 Å². The van der Waals surface area contributed by atoms with Crippen LogP contribution in [0.1, 0.15) is 13.3 Å². The van der Waals surface area contributed by atoms with Gasteiger partial charge in [-0.3, -0.25) is 4.79 Å². The Morgan fingerprint density at radius 1 is 1.62 bits per heavy atom. The summed E-state index contributed by atoms with van der Waals surface area (Å²) < 4.78 is 17.0. The molecule has 6 heteroatoms. The summed E-state index contributed by atoms with van der Waals surface area (Å²) in [5.41, 5.74) is 5.16. The maximum atomic E-state index is 12.5. The highest BCUT2D eigenvalue weighted by Crippen LogP contribution is 2.02. The Labute approximate surface area is 74.7 Å². The predicted octanol–water partition coefficient (Wildman–Crippen LogP) is -0.310. The van der Waals surface area contributed by atoms with Crippen molar-refractivity contribution in [1.29, 1.82) is 0 Å². The largest absolute Gasteiger partial charge is 0.479 e. The molecule has 0 aromatic heterocycles. The lowest BCUT2D eigenvalue weighted by atomic mass is 10.1. The molecule has 0 fully saturated rings. The molecule has 0 amide bonds. The van der Waals surface area contributed by atoms with Crippen LogP contribution in [-0.2, 0) is 14.3 Å². The van der Waals surface area contributed by atoms with Gasteiger partial charge in [-0.1, -0.05) is 0 Å². The zero-order chi connectivity index (χ0) is 10.4. The number of carbonyl (C=O) groups is 2. The van der Waals surface area contributed by atoms with Gasteiger partial charge in [0.05, 0.1) is 6.61 Å². The number of carbonyl (C=O) groups excluding carboxylic acids is 1. The van der Waals surface area contributed by atoms with Crippen LogP contribution in [0.25, 0.3) is 0 Å². The van der Waals surface area contributed by atoms with E-state index in [4.69, 9.17) is 10.8 Å². The molecule has 2 atom stereocenters. The van der Waals surface area contributed by atoms with Gasteiger partial charge in [0.2, 0.25) is 0 Å². The Morgan fingerprint density at radius 2 is 2.15 bits per heavy atom. The summed E-state index contributed by atoms with van der Waals surface area (Å²) in [4.78, 5) is 20.8. The molecule has 0 unspecified atom stereocenters. The molecule has 0 rings (SSSR count). The molecule has 5 nitrogen and oxygen atoms in total. The van der Waals surface area contributed by atoms with E-state index < -0.39 is 30.6 Å². The zero-order valence-corrected chi connectivity index (χ0v) is 7.20. The van der Waals surface area contributed by atoms with Gasteiger partial charge < -0.3 is 15.6 Å². The first-order chi connectivity index (χ1) is 5.99. The van der Waals surface area contributed by atoms with E-state index in [0.717, 1.165) is 0 Å². The fourth-order valence-electron chi connectivity index (χ4n) is 0.669. The first-order valence-corrected chi connectivity index (χ1v) is 3.78. The number of hydrogen-bond acceptors (Lipinski definition) is 4. The van der Waals surface area contributed by atoms with Crippen molar-refractivity contribution < 1.29 is 23.8 Å². The minimum Gasteiger partial charge on any atom is -0.479 e. The number of nitrogens with two attached hydrogens (primary N) is 1. The van der Waals surface area contributed by atoms with E-state index >= 15 is 0 Å². The molecule has 0 aromatic rings. The summed E-state index contributed by atoms with van der Waals surface area (Å²) in [7, 11) is 0. The average molecular weight is 193 g/mol. The Hall–Kier alpha value is -1.17. The maximum absolute atomic E-state index is 12.5. The third kappa shape index (κ3) is 4.41. The number of carboxylic acid groups (broad SMARTS) is 1. The van der Waals surface area contributed by atoms with E-state index in [9.17, 15) is 14.0 Å². The minimum absolute atomic E-state index is 0.135. The molecule has 0 aliphatic rings. The summed E-state index contributed by atoms with van der Waals surface area (Å²) in [5.74, 6) is -2.41. The quantitative estimate of drug-likeness (QED) is 0.584. The average Bonchev–Trinajstić information content (AvgIpc) is 2.04. The lowest BCUT2D eigenvalue weighted by molar-refractivity contribution is -0.147.